The summed E-state index contributed by atoms with van der Waals surface area (Å²) >= 11 is 3.41. The molecule has 0 aliphatic carbocycles. The predicted octanol–water partition coefficient (Wildman–Crippen LogP) is 3.84. The van der Waals surface area contributed by atoms with E-state index in [9.17, 15) is 4.79 Å². The Morgan fingerprint density at radius 2 is 2.04 bits per heavy atom. The van der Waals surface area contributed by atoms with Crippen molar-refractivity contribution in [2.24, 2.45) is 0 Å². The molecular formula is C19H18BrN3O3. The monoisotopic (exact) mass is 415 g/mol. The lowest BCUT2D eigenvalue weighted by Crippen LogP contribution is -2.31. The highest BCUT2D eigenvalue weighted by molar-refractivity contribution is 9.10. The fourth-order valence-electron chi connectivity index (χ4n) is 2.32. The first-order valence-electron chi connectivity index (χ1n) is 8.03. The second-order valence-corrected chi connectivity index (χ2v) is 6.79. The summed E-state index contributed by atoms with van der Waals surface area (Å²) in [6, 6.07) is 15.2. The number of aromatic nitrogens is 2. The number of halogens is 1. The molecule has 0 N–H and O–H groups in total. The van der Waals surface area contributed by atoms with Crippen molar-refractivity contribution >= 4 is 21.8 Å². The summed E-state index contributed by atoms with van der Waals surface area (Å²) < 4.78 is 11.7. The van der Waals surface area contributed by atoms with E-state index >= 15 is 0 Å². The highest BCUT2D eigenvalue weighted by atomic mass is 79.9. The maximum atomic E-state index is 12.2. The van der Waals surface area contributed by atoms with Gasteiger partial charge in [0, 0.05) is 17.1 Å². The minimum atomic E-state index is -0.172. The average molecular weight is 416 g/mol. The van der Waals surface area contributed by atoms with Crippen molar-refractivity contribution in [1.29, 1.82) is 0 Å². The molecule has 1 amide bonds. The zero-order valence-electron chi connectivity index (χ0n) is 14.5. The van der Waals surface area contributed by atoms with E-state index < -0.39 is 0 Å². The van der Waals surface area contributed by atoms with Crippen LogP contribution < -0.4 is 4.74 Å². The highest BCUT2D eigenvalue weighted by Crippen LogP contribution is 2.20. The Bertz CT molecular complexity index is 910. The molecule has 0 radical (unpaired) electrons. The molecule has 0 fully saturated rings. The van der Waals surface area contributed by atoms with Crippen molar-refractivity contribution in [3.05, 3.63) is 64.5 Å². The van der Waals surface area contributed by atoms with Gasteiger partial charge in [-0.25, -0.2) is 0 Å². The van der Waals surface area contributed by atoms with E-state index in [1.165, 1.54) is 4.90 Å². The van der Waals surface area contributed by atoms with Gasteiger partial charge >= 0.3 is 0 Å². The van der Waals surface area contributed by atoms with Gasteiger partial charge in [-0.3, -0.25) is 4.79 Å². The summed E-state index contributed by atoms with van der Waals surface area (Å²) in [5.41, 5.74) is 1.92. The molecule has 134 valence electrons. The summed E-state index contributed by atoms with van der Waals surface area (Å²) in [4.78, 5) is 18.1. The maximum Gasteiger partial charge on any atom is 0.260 e. The number of carbonyl (C=O) groups is 1. The molecule has 7 heteroatoms. The van der Waals surface area contributed by atoms with Crippen molar-refractivity contribution in [2.75, 3.05) is 13.7 Å². The van der Waals surface area contributed by atoms with Gasteiger partial charge in [-0.2, -0.15) is 4.98 Å². The lowest BCUT2D eigenvalue weighted by Gasteiger charge is -2.15. The first-order valence-corrected chi connectivity index (χ1v) is 8.82. The van der Waals surface area contributed by atoms with Crippen molar-refractivity contribution in [3.63, 3.8) is 0 Å². The van der Waals surface area contributed by atoms with Gasteiger partial charge in [-0.05, 0) is 36.8 Å². The van der Waals surface area contributed by atoms with Crippen molar-refractivity contribution in [1.82, 2.24) is 15.0 Å². The first-order chi connectivity index (χ1) is 12.5. The number of ether oxygens (including phenoxy) is 1. The molecule has 6 nitrogen and oxygen atoms in total. The van der Waals surface area contributed by atoms with Crippen molar-refractivity contribution in [2.45, 2.75) is 13.5 Å². The third kappa shape index (κ3) is 4.70. The minimum Gasteiger partial charge on any atom is -0.484 e. The highest BCUT2D eigenvalue weighted by Gasteiger charge is 2.15. The fourth-order valence-corrected chi connectivity index (χ4v) is 2.71. The Kier molecular flexibility index (Phi) is 5.68. The number of hydrogen-bond acceptors (Lipinski definition) is 5. The third-order valence-electron chi connectivity index (χ3n) is 3.70. The summed E-state index contributed by atoms with van der Waals surface area (Å²) in [6.45, 7) is 2.14. The molecule has 0 bridgehead atoms. The van der Waals surface area contributed by atoms with Gasteiger partial charge in [0.25, 0.3) is 5.91 Å². The number of likely N-dealkylation sites (N-methyl/N-ethyl adjacent to an activating group) is 1. The van der Waals surface area contributed by atoms with Crippen LogP contribution in [-0.2, 0) is 11.3 Å². The summed E-state index contributed by atoms with van der Waals surface area (Å²) in [6.07, 6.45) is 0. The third-order valence-corrected chi connectivity index (χ3v) is 4.19. The summed E-state index contributed by atoms with van der Waals surface area (Å²) in [5.74, 6) is 1.35. The largest absolute Gasteiger partial charge is 0.484 e. The van der Waals surface area contributed by atoms with E-state index in [1.54, 1.807) is 7.05 Å². The number of carbonyl (C=O) groups excluding carboxylic acids is 1. The van der Waals surface area contributed by atoms with Gasteiger partial charge in [0.15, 0.2) is 6.61 Å². The minimum absolute atomic E-state index is 0.0490. The number of hydrogen-bond donors (Lipinski definition) is 0. The SMILES string of the molecule is Cc1cccc(OCC(=O)N(C)Cc2nc(-c3cccc(Br)c3)no2)c1. The van der Waals surface area contributed by atoms with Crippen LogP contribution in [0.5, 0.6) is 5.75 Å². The van der Waals surface area contributed by atoms with Crippen LogP contribution in [0.1, 0.15) is 11.5 Å². The van der Waals surface area contributed by atoms with Crippen molar-refractivity contribution in [3.8, 4) is 17.1 Å². The maximum absolute atomic E-state index is 12.2. The van der Waals surface area contributed by atoms with Crippen LogP contribution in [0.3, 0.4) is 0 Å². The molecule has 3 aromatic rings. The van der Waals surface area contributed by atoms with Gasteiger partial charge in [-0.1, -0.05) is 45.4 Å². The number of amides is 1. The zero-order chi connectivity index (χ0) is 18.5. The van der Waals surface area contributed by atoms with E-state index in [0.29, 0.717) is 17.5 Å². The van der Waals surface area contributed by atoms with E-state index in [1.807, 2.05) is 55.5 Å². The van der Waals surface area contributed by atoms with Crippen LogP contribution in [-0.4, -0.2) is 34.6 Å². The van der Waals surface area contributed by atoms with Crippen molar-refractivity contribution < 1.29 is 14.1 Å². The lowest BCUT2D eigenvalue weighted by atomic mass is 10.2. The van der Waals surface area contributed by atoms with Gasteiger partial charge in [-0.15, -0.1) is 0 Å². The number of nitrogens with zero attached hydrogens (tertiary/aromatic N) is 3. The first kappa shape index (κ1) is 18.1. The van der Waals surface area contributed by atoms with Crippen LogP contribution in [0.2, 0.25) is 0 Å². The number of rotatable bonds is 6. The molecule has 1 aromatic heterocycles. The summed E-state index contributed by atoms with van der Waals surface area (Å²) in [5, 5.41) is 3.97. The number of aryl methyl sites for hydroxylation is 1. The molecule has 2 aromatic carbocycles. The molecular weight excluding hydrogens is 398 g/mol. The molecule has 3 rings (SSSR count). The predicted molar refractivity (Wildman–Crippen MR) is 101 cm³/mol. The molecule has 0 aliphatic rings. The molecule has 26 heavy (non-hydrogen) atoms. The van der Waals surface area contributed by atoms with Gasteiger partial charge in [0.2, 0.25) is 11.7 Å². The molecule has 0 aliphatic heterocycles. The van der Waals surface area contributed by atoms with Gasteiger partial charge in [0.1, 0.15) is 5.75 Å². The fraction of sp³-hybridized carbons (Fsp3) is 0.211. The van der Waals surface area contributed by atoms with Crippen LogP contribution in [0.15, 0.2) is 57.5 Å². The average Bonchev–Trinajstić information content (AvgIpc) is 3.08. The molecule has 0 saturated heterocycles. The lowest BCUT2D eigenvalue weighted by molar-refractivity contribution is -0.132. The van der Waals surface area contributed by atoms with Crippen LogP contribution >= 0.6 is 15.9 Å². The van der Waals surface area contributed by atoms with Gasteiger partial charge < -0.3 is 14.2 Å². The van der Waals surface area contributed by atoms with E-state index in [0.717, 1.165) is 15.6 Å². The Hall–Kier alpha value is -2.67. The van der Waals surface area contributed by atoms with E-state index in [4.69, 9.17) is 9.26 Å². The standard InChI is InChI=1S/C19H18BrN3O3/c1-13-5-3-8-16(9-13)25-12-18(24)23(2)11-17-21-19(22-26-17)14-6-4-7-15(20)10-14/h3-10H,11-12H2,1-2H3. The van der Waals surface area contributed by atoms with Gasteiger partial charge in [0.05, 0.1) is 6.54 Å². The van der Waals surface area contributed by atoms with Crippen LogP contribution in [0.25, 0.3) is 11.4 Å². The van der Waals surface area contributed by atoms with Crippen LogP contribution in [0.4, 0.5) is 0 Å². The quantitative estimate of drug-likeness (QED) is 0.611. The normalized spacial score (nSPS) is 10.6. The molecule has 0 spiro atoms. The van der Waals surface area contributed by atoms with E-state index in [2.05, 4.69) is 26.1 Å². The van der Waals surface area contributed by atoms with Crippen LogP contribution in [0, 0.1) is 6.92 Å². The molecule has 0 atom stereocenters. The zero-order valence-corrected chi connectivity index (χ0v) is 16.1. The Morgan fingerprint density at radius 1 is 1.23 bits per heavy atom. The smallest absolute Gasteiger partial charge is 0.260 e. The molecule has 0 unspecified atom stereocenters. The summed E-state index contributed by atoms with van der Waals surface area (Å²) in [7, 11) is 1.67. The Morgan fingerprint density at radius 3 is 2.81 bits per heavy atom. The van der Waals surface area contributed by atoms with E-state index in [-0.39, 0.29) is 19.1 Å². The second kappa shape index (κ2) is 8.14. The second-order valence-electron chi connectivity index (χ2n) is 5.88. The molecule has 1 heterocycles. The molecule has 0 saturated carbocycles. The Balaban J connectivity index is 1.57. The topological polar surface area (TPSA) is 68.5 Å². The number of benzene rings is 2. The Labute approximate surface area is 159 Å².